The Morgan fingerprint density at radius 2 is 2.33 bits per heavy atom. The molecule has 1 heterocycles. The van der Waals surface area contributed by atoms with E-state index in [1.54, 1.807) is 13.0 Å². The van der Waals surface area contributed by atoms with E-state index in [-0.39, 0.29) is 5.91 Å². The molecule has 5 nitrogen and oxygen atoms in total. The van der Waals surface area contributed by atoms with Gasteiger partial charge in [0, 0.05) is 5.69 Å². The first-order valence-electron chi connectivity index (χ1n) is 5.18. The molecule has 1 N–H and O–H groups in total. The van der Waals surface area contributed by atoms with Crippen LogP contribution in [0.5, 0.6) is 0 Å². The largest absolute Gasteiger partial charge is 0.324 e. The summed E-state index contributed by atoms with van der Waals surface area (Å²) in [4.78, 5) is 15.6. The van der Waals surface area contributed by atoms with Gasteiger partial charge < -0.3 is 5.32 Å². The van der Waals surface area contributed by atoms with Gasteiger partial charge in [0.1, 0.15) is 24.5 Å². The van der Waals surface area contributed by atoms with Crippen molar-refractivity contribution < 1.29 is 9.18 Å². The summed E-state index contributed by atoms with van der Waals surface area (Å²) in [6, 6.07) is 3.87. The number of nitrogens with one attached hydrogen (secondary N) is 1. The Morgan fingerprint density at radius 3 is 2.94 bits per heavy atom. The van der Waals surface area contributed by atoms with Crippen LogP contribution in [0.25, 0.3) is 0 Å². The molecule has 0 saturated carbocycles. The number of amides is 1. The Morgan fingerprint density at radius 1 is 1.56 bits per heavy atom. The van der Waals surface area contributed by atoms with Crippen molar-refractivity contribution in [1.82, 2.24) is 14.8 Å². The van der Waals surface area contributed by atoms with Crippen molar-refractivity contribution in [2.24, 2.45) is 0 Å². The van der Waals surface area contributed by atoms with E-state index in [0.29, 0.717) is 10.2 Å². The lowest BCUT2D eigenvalue weighted by molar-refractivity contribution is -0.119. The number of carbonyl (C=O) groups is 1. The van der Waals surface area contributed by atoms with Crippen molar-refractivity contribution >= 4 is 27.5 Å². The van der Waals surface area contributed by atoms with Gasteiger partial charge in [-0.15, -0.1) is 0 Å². The summed E-state index contributed by atoms with van der Waals surface area (Å²) in [6.07, 6.45) is 2.80. The van der Waals surface area contributed by atoms with Crippen LogP contribution in [0.15, 0.2) is 35.3 Å². The Bertz CT molecular complexity index is 558. The molecular formula is C11H10BrFN4O. The summed E-state index contributed by atoms with van der Waals surface area (Å²) in [7, 11) is 0. The number of anilines is 1. The van der Waals surface area contributed by atoms with Crippen molar-refractivity contribution in [3.05, 3.63) is 41.1 Å². The molecule has 1 unspecified atom stereocenters. The van der Waals surface area contributed by atoms with Crippen molar-refractivity contribution in [2.45, 2.75) is 13.0 Å². The van der Waals surface area contributed by atoms with E-state index in [1.807, 2.05) is 0 Å². The second kappa shape index (κ2) is 5.26. The average molecular weight is 313 g/mol. The molecule has 1 amide bonds. The highest BCUT2D eigenvalue weighted by Crippen LogP contribution is 2.20. The van der Waals surface area contributed by atoms with E-state index in [9.17, 15) is 9.18 Å². The first-order valence-corrected chi connectivity index (χ1v) is 5.97. The maximum absolute atomic E-state index is 13.3. The predicted octanol–water partition coefficient (Wildman–Crippen LogP) is 2.38. The Hall–Kier alpha value is -1.76. The third kappa shape index (κ3) is 2.73. The lowest BCUT2D eigenvalue weighted by Crippen LogP contribution is -2.24. The van der Waals surface area contributed by atoms with Gasteiger partial charge >= 0.3 is 0 Å². The van der Waals surface area contributed by atoms with Crippen LogP contribution in [0.3, 0.4) is 0 Å². The molecule has 18 heavy (non-hydrogen) atoms. The van der Waals surface area contributed by atoms with E-state index in [2.05, 4.69) is 31.3 Å². The number of halogens is 2. The maximum Gasteiger partial charge on any atom is 0.249 e. The minimum absolute atomic E-state index is 0.290. The SMILES string of the molecule is CC(C(=O)Nc1ccc(Br)c(F)c1)n1cncn1. The predicted molar refractivity (Wildman–Crippen MR) is 67.5 cm³/mol. The second-order valence-electron chi connectivity index (χ2n) is 3.67. The number of hydrogen-bond acceptors (Lipinski definition) is 3. The third-order valence-electron chi connectivity index (χ3n) is 2.40. The highest BCUT2D eigenvalue weighted by atomic mass is 79.9. The van der Waals surface area contributed by atoms with E-state index in [0.717, 1.165) is 0 Å². The Balaban J connectivity index is 2.09. The molecule has 0 fully saturated rings. The average Bonchev–Trinajstić information content (AvgIpc) is 2.86. The number of rotatable bonds is 3. The molecule has 0 aliphatic heterocycles. The zero-order chi connectivity index (χ0) is 13.1. The van der Waals surface area contributed by atoms with Crippen LogP contribution in [0.1, 0.15) is 13.0 Å². The standard InChI is InChI=1S/C11H10BrFN4O/c1-7(17-6-14-5-15-17)11(18)16-8-2-3-9(12)10(13)4-8/h2-7H,1H3,(H,16,18). The number of benzene rings is 1. The molecule has 0 aliphatic carbocycles. The lowest BCUT2D eigenvalue weighted by atomic mass is 10.2. The summed E-state index contributed by atoms with van der Waals surface area (Å²) in [6.45, 7) is 1.68. The molecular weight excluding hydrogens is 303 g/mol. The van der Waals surface area contributed by atoms with Crippen molar-refractivity contribution in [2.75, 3.05) is 5.32 Å². The molecule has 0 bridgehead atoms. The van der Waals surface area contributed by atoms with Crippen LogP contribution in [-0.2, 0) is 4.79 Å². The van der Waals surface area contributed by atoms with Gasteiger partial charge in [0.05, 0.1) is 4.47 Å². The van der Waals surface area contributed by atoms with Crippen molar-refractivity contribution in [1.29, 1.82) is 0 Å². The highest BCUT2D eigenvalue weighted by Gasteiger charge is 2.15. The number of hydrogen-bond donors (Lipinski definition) is 1. The molecule has 94 valence electrons. The Kier molecular flexibility index (Phi) is 3.71. The lowest BCUT2D eigenvalue weighted by Gasteiger charge is -2.12. The smallest absolute Gasteiger partial charge is 0.249 e. The summed E-state index contributed by atoms with van der Waals surface area (Å²) in [5.41, 5.74) is 0.396. The highest BCUT2D eigenvalue weighted by molar-refractivity contribution is 9.10. The molecule has 0 aliphatic rings. The molecule has 1 aromatic carbocycles. The first-order chi connectivity index (χ1) is 8.58. The topological polar surface area (TPSA) is 59.8 Å². The summed E-state index contributed by atoms with van der Waals surface area (Å²) in [5, 5.41) is 6.48. The number of carbonyl (C=O) groups excluding carboxylic acids is 1. The fourth-order valence-corrected chi connectivity index (χ4v) is 1.60. The molecule has 1 aromatic heterocycles. The minimum atomic E-state index is -0.515. The van der Waals surface area contributed by atoms with Crippen LogP contribution in [-0.4, -0.2) is 20.7 Å². The first kappa shape index (κ1) is 12.7. The molecule has 0 spiro atoms. The zero-order valence-corrected chi connectivity index (χ0v) is 11.1. The van der Waals surface area contributed by atoms with Gasteiger partial charge in [-0.2, -0.15) is 5.10 Å². The zero-order valence-electron chi connectivity index (χ0n) is 9.47. The van der Waals surface area contributed by atoms with Crippen LogP contribution < -0.4 is 5.32 Å². The maximum atomic E-state index is 13.3. The molecule has 1 atom stereocenters. The van der Waals surface area contributed by atoms with Crippen LogP contribution in [0.2, 0.25) is 0 Å². The van der Waals surface area contributed by atoms with Crippen molar-refractivity contribution in [3.8, 4) is 0 Å². The Labute approximate surface area is 111 Å². The molecule has 0 saturated heterocycles. The quantitative estimate of drug-likeness (QED) is 0.946. The molecule has 0 radical (unpaired) electrons. The van der Waals surface area contributed by atoms with Gasteiger partial charge in [-0.05, 0) is 41.1 Å². The van der Waals surface area contributed by atoms with Gasteiger partial charge in [-0.1, -0.05) is 0 Å². The molecule has 7 heteroatoms. The van der Waals surface area contributed by atoms with Crippen LogP contribution in [0.4, 0.5) is 10.1 Å². The monoisotopic (exact) mass is 312 g/mol. The second-order valence-corrected chi connectivity index (χ2v) is 4.52. The fraction of sp³-hybridized carbons (Fsp3) is 0.182. The van der Waals surface area contributed by atoms with Gasteiger partial charge in [-0.3, -0.25) is 4.79 Å². The van der Waals surface area contributed by atoms with E-state index >= 15 is 0 Å². The number of aromatic nitrogens is 3. The summed E-state index contributed by atoms with van der Waals surface area (Å²) in [5.74, 6) is -0.719. The molecule has 2 aromatic rings. The minimum Gasteiger partial charge on any atom is -0.324 e. The third-order valence-corrected chi connectivity index (χ3v) is 3.04. The fourth-order valence-electron chi connectivity index (χ4n) is 1.36. The molecule has 2 rings (SSSR count). The van der Waals surface area contributed by atoms with Crippen molar-refractivity contribution in [3.63, 3.8) is 0 Å². The van der Waals surface area contributed by atoms with E-state index in [4.69, 9.17) is 0 Å². The van der Waals surface area contributed by atoms with E-state index in [1.165, 1.54) is 29.5 Å². The van der Waals surface area contributed by atoms with Gasteiger partial charge in [0.25, 0.3) is 0 Å². The van der Waals surface area contributed by atoms with Gasteiger partial charge in [0.15, 0.2) is 0 Å². The summed E-state index contributed by atoms with van der Waals surface area (Å²) < 4.78 is 15.1. The normalized spacial score (nSPS) is 12.2. The van der Waals surface area contributed by atoms with E-state index < -0.39 is 11.9 Å². The van der Waals surface area contributed by atoms with Crippen LogP contribution in [0, 0.1) is 5.82 Å². The van der Waals surface area contributed by atoms with Gasteiger partial charge in [0.2, 0.25) is 5.91 Å². The van der Waals surface area contributed by atoms with Gasteiger partial charge in [-0.25, -0.2) is 14.1 Å². The number of nitrogens with zero attached hydrogens (tertiary/aromatic N) is 3. The summed E-state index contributed by atoms with van der Waals surface area (Å²) >= 11 is 3.05. The van der Waals surface area contributed by atoms with Crippen LogP contribution >= 0.6 is 15.9 Å².